The van der Waals surface area contributed by atoms with Crippen molar-refractivity contribution in [3.8, 4) is 11.5 Å². The summed E-state index contributed by atoms with van der Waals surface area (Å²) in [5.41, 5.74) is 0.459. The number of alkyl halides is 1. The van der Waals surface area contributed by atoms with Crippen molar-refractivity contribution in [1.29, 1.82) is 0 Å². The van der Waals surface area contributed by atoms with Crippen LogP contribution in [0.2, 0.25) is 0 Å². The first-order valence-electron chi connectivity index (χ1n) is 5.18. The van der Waals surface area contributed by atoms with Gasteiger partial charge in [0.25, 0.3) is 0 Å². The Morgan fingerprint density at radius 1 is 1.00 bits per heavy atom. The van der Waals surface area contributed by atoms with Gasteiger partial charge in [0.05, 0.1) is 4.47 Å². The second-order valence-electron chi connectivity index (χ2n) is 3.70. The highest BCUT2D eigenvalue weighted by Crippen LogP contribution is 2.33. The zero-order valence-electron chi connectivity index (χ0n) is 9.39. The van der Waals surface area contributed by atoms with Crippen LogP contribution in [-0.2, 0) is 5.33 Å². The van der Waals surface area contributed by atoms with E-state index in [1.807, 2.05) is 0 Å². The van der Waals surface area contributed by atoms with Crippen molar-refractivity contribution in [1.82, 2.24) is 0 Å². The lowest BCUT2D eigenvalue weighted by Gasteiger charge is -2.10. The zero-order chi connectivity index (χ0) is 14.0. The van der Waals surface area contributed by atoms with Gasteiger partial charge in [0.1, 0.15) is 11.6 Å². The summed E-state index contributed by atoms with van der Waals surface area (Å²) in [7, 11) is 0. The van der Waals surface area contributed by atoms with E-state index in [9.17, 15) is 13.2 Å². The summed E-state index contributed by atoms with van der Waals surface area (Å²) in [4.78, 5) is 0. The molecule has 6 heteroatoms. The molecule has 100 valence electrons. The van der Waals surface area contributed by atoms with E-state index in [1.54, 1.807) is 0 Å². The van der Waals surface area contributed by atoms with Gasteiger partial charge in [-0.3, -0.25) is 0 Å². The van der Waals surface area contributed by atoms with Gasteiger partial charge in [0, 0.05) is 5.33 Å². The monoisotopic (exact) mass is 394 g/mol. The first-order valence-corrected chi connectivity index (χ1v) is 7.09. The third-order valence-electron chi connectivity index (χ3n) is 2.32. The number of rotatable bonds is 3. The largest absolute Gasteiger partial charge is 0.450 e. The Labute approximate surface area is 124 Å². The SMILES string of the molecule is Fc1ccc(Oc2c(F)cc(CBr)cc2F)c(Br)c1. The van der Waals surface area contributed by atoms with Gasteiger partial charge in [0.15, 0.2) is 17.4 Å². The molecule has 0 fully saturated rings. The molecule has 0 spiro atoms. The minimum absolute atomic E-state index is 0.130. The summed E-state index contributed by atoms with van der Waals surface area (Å²) in [5, 5.41) is 0.335. The number of hydrogen-bond donors (Lipinski definition) is 0. The highest BCUT2D eigenvalue weighted by atomic mass is 79.9. The van der Waals surface area contributed by atoms with Gasteiger partial charge in [-0.05, 0) is 51.8 Å². The van der Waals surface area contributed by atoms with Crippen molar-refractivity contribution in [3.05, 3.63) is 57.8 Å². The molecule has 0 bridgehead atoms. The lowest BCUT2D eigenvalue weighted by Crippen LogP contribution is -1.95. The molecule has 2 aromatic rings. The first-order chi connectivity index (χ1) is 9.01. The summed E-state index contributed by atoms with van der Waals surface area (Å²) < 4.78 is 45.8. The minimum atomic E-state index is -0.814. The lowest BCUT2D eigenvalue weighted by molar-refractivity contribution is 0.404. The van der Waals surface area contributed by atoms with Crippen molar-refractivity contribution in [2.24, 2.45) is 0 Å². The molecule has 2 rings (SSSR count). The molecule has 2 aromatic carbocycles. The molecule has 1 nitrogen and oxygen atoms in total. The Bertz CT molecular complexity index is 594. The molecular formula is C13H7Br2F3O. The maximum Gasteiger partial charge on any atom is 0.198 e. The zero-order valence-corrected chi connectivity index (χ0v) is 12.6. The van der Waals surface area contributed by atoms with Crippen LogP contribution >= 0.6 is 31.9 Å². The van der Waals surface area contributed by atoms with Gasteiger partial charge in [-0.1, -0.05) is 15.9 Å². The van der Waals surface area contributed by atoms with E-state index in [2.05, 4.69) is 31.9 Å². The second kappa shape index (κ2) is 5.96. The maximum absolute atomic E-state index is 13.7. The Balaban J connectivity index is 2.38. The van der Waals surface area contributed by atoms with Crippen molar-refractivity contribution in [3.63, 3.8) is 0 Å². The minimum Gasteiger partial charge on any atom is -0.450 e. The van der Waals surface area contributed by atoms with Crippen LogP contribution in [0.1, 0.15) is 5.56 Å². The molecule has 0 aromatic heterocycles. The van der Waals surface area contributed by atoms with Gasteiger partial charge in [-0.2, -0.15) is 0 Å². The Kier molecular flexibility index (Phi) is 4.52. The van der Waals surface area contributed by atoms with Gasteiger partial charge in [0.2, 0.25) is 0 Å². The fourth-order valence-electron chi connectivity index (χ4n) is 1.45. The van der Waals surface area contributed by atoms with Crippen LogP contribution in [0.15, 0.2) is 34.8 Å². The molecule has 0 saturated carbocycles. The molecule has 0 unspecified atom stereocenters. The van der Waals surface area contributed by atoms with Crippen LogP contribution < -0.4 is 4.74 Å². The fourth-order valence-corrected chi connectivity index (χ4v) is 2.21. The third kappa shape index (κ3) is 3.30. The van der Waals surface area contributed by atoms with Crippen molar-refractivity contribution in [2.75, 3.05) is 0 Å². The highest BCUT2D eigenvalue weighted by molar-refractivity contribution is 9.10. The molecule has 0 aliphatic rings. The van der Waals surface area contributed by atoms with Crippen molar-refractivity contribution >= 4 is 31.9 Å². The van der Waals surface area contributed by atoms with Crippen LogP contribution in [0.25, 0.3) is 0 Å². The molecule has 0 amide bonds. The molecule has 0 aliphatic carbocycles. The molecule has 19 heavy (non-hydrogen) atoms. The summed E-state index contributed by atoms with van der Waals surface area (Å²) >= 11 is 6.18. The van der Waals surface area contributed by atoms with E-state index in [-0.39, 0.29) is 10.2 Å². The smallest absolute Gasteiger partial charge is 0.198 e. The van der Waals surface area contributed by atoms with Gasteiger partial charge in [-0.15, -0.1) is 0 Å². The topological polar surface area (TPSA) is 9.23 Å². The van der Waals surface area contributed by atoms with Crippen LogP contribution in [0, 0.1) is 17.5 Å². The first kappa shape index (κ1) is 14.4. The van der Waals surface area contributed by atoms with E-state index in [4.69, 9.17) is 4.74 Å². The summed E-state index contributed by atoms with van der Waals surface area (Å²) in [6, 6.07) is 5.92. The number of ether oxygens (including phenoxy) is 1. The Morgan fingerprint density at radius 3 is 2.16 bits per heavy atom. The standard InChI is InChI=1S/C13H7Br2F3O/c14-6-7-3-10(17)13(11(18)4-7)19-12-2-1-8(16)5-9(12)15/h1-5H,6H2. The summed E-state index contributed by atoms with van der Waals surface area (Å²) in [6.45, 7) is 0. The van der Waals surface area contributed by atoms with Gasteiger partial charge in [-0.25, -0.2) is 13.2 Å². The third-order valence-corrected chi connectivity index (χ3v) is 3.59. The van der Waals surface area contributed by atoms with Crippen molar-refractivity contribution < 1.29 is 17.9 Å². The van der Waals surface area contributed by atoms with Crippen LogP contribution in [-0.4, -0.2) is 0 Å². The van der Waals surface area contributed by atoms with E-state index in [0.717, 1.165) is 12.1 Å². The van der Waals surface area contributed by atoms with Crippen molar-refractivity contribution in [2.45, 2.75) is 5.33 Å². The lowest BCUT2D eigenvalue weighted by atomic mass is 10.2. The molecule has 0 radical (unpaired) electrons. The molecule has 0 aliphatic heterocycles. The molecular weight excluding hydrogens is 389 g/mol. The van der Waals surface area contributed by atoms with E-state index < -0.39 is 23.2 Å². The molecule has 0 heterocycles. The normalized spacial score (nSPS) is 10.6. The second-order valence-corrected chi connectivity index (χ2v) is 5.11. The highest BCUT2D eigenvalue weighted by Gasteiger charge is 2.15. The van der Waals surface area contributed by atoms with E-state index >= 15 is 0 Å². The number of halogens is 5. The van der Waals surface area contributed by atoms with Crippen LogP contribution in [0.5, 0.6) is 11.5 Å². The molecule has 0 N–H and O–H groups in total. The van der Waals surface area contributed by atoms with E-state index in [0.29, 0.717) is 10.9 Å². The Morgan fingerprint density at radius 2 is 1.63 bits per heavy atom. The van der Waals surface area contributed by atoms with Gasteiger partial charge < -0.3 is 4.74 Å². The average Bonchev–Trinajstić information content (AvgIpc) is 2.35. The fraction of sp³-hybridized carbons (Fsp3) is 0.0769. The van der Waals surface area contributed by atoms with Crippen LogP contribution in [0.3, 0.4) is 0 Å². The quantitative estimate of drug-likeness (QED) is 0.618. The van der Waals surface area contributed by atoms with E-state index in [1.165, 1.54) is 18.2 Å². The Hall–Kier alpha value is -1.01. The predicted molar refractivity (Wildman–Crippen MR) is 73.2 cm³/mol. The number of hydrogen-bond acceptors (Lipinski definition) is 1. The molecule has 0 atom stereocenters. The summed E-state index contributed by atoms with van der Waals surface area (Å²) in [6.07, 6.45) is 0. The predicted octanol–water partition coefficient (Wildman–Crippen LogP) is 5.55. The molecule has 0 saturated heterocycles. The van der Waals surface area contributed by atoms with Gasteiger partial charge >= 0.3 is 0 Å². The van der Waals surface area contributed by atoms with Crippen LogP contribution in [0.4, 0.5) is 13.2 Å². The maximum atomic E-state index is 13.7. The average molecular weight is 396 g/mol. The summed E-state index contributed by atoms with van der Waals surface area (Å²) in [5.74, 6) is -2.49. The number of benzene rings is 2.